The summed E-state index contributed by atoms with van der Waals surface area (Å²) in [6.07, 6.45) is 11.0. The molecule has 124 valence electrons. The minimum atomic E-state index is 0.369. The number of phenols is 1. The summed E-state index contributed by atoms with van der Waals surface area (Å²) in [6, 6.07) is 6.26. The van der Waals surface area contributed by atoms with Crippen LogP contribution in [-0.2, 0) is 11.8 Å². The average Bonchev–Trinajstić information content (AvgIpc) is 3.38. The zero-order valence-corrected chi connectivity index (χ0v) is 14.1. The SMILES string of the molecule is Oc1ccc2c(c1)[C@@]13CCCC[C@H]1[C@@H](C2)CN(CC1CC1)CC3. The Kier molecular flexibility index (Phi) is 3.27. The summed E-state index contributed by atoms with van der Waals surface area (Å²) in [5.41, 5.74) is 3.43. The monoisotopic (exact) mass is 311 g/mol. The van der Waals surface area contributed by atoms with Gasteiger partial charge in [-0.05, 0) is 86.1 Å². The van der Waals surface area contributed by atoms with Crippen molar-refractivity contribution in [2.75, 3.05) is 19.6 Å². The highest BCUT2D eigenvalue weighted by Gasteiger charge is 2.51. The van der Waals surface area contributed by atoms with Gasteiger partial charge in [0.05, 0.1) is 0 Å². The molecule has 0 amide bonds. The Morgan fingerprint density at radius 2 is 2.04 bits per heavy atom. The lowest BCUT2D eigenvalue weighted by atomic mass is 9.53. The lowest BCUT2D eigenvalue weighted by molar-refractivity contribution is 0.108. The maximum Gasteiger partial charge on any atom is 0.115 e. The Bertz CT molecular complexity index is 608. The van der Waals surface area contributed by atoms with Crippen molar-refractivity contribution in [3.8, 4) is 5.75 Å². The first kappa shape index (κ1) is 14.3. The van der Waals surface area contributed by atoms with Gasteiger partial charge < -0.3 is 10.0 Å². The van der Waals surface area contributed by atoms with Gasteiger partial charge in [0.15, 0.2) is 0 Å². The molecule has 4 aliphatic rings. The van der Waals surface area contributed by atoms with Gasteiger partial charge in [-0.2, -0.15) is 0 Å². The zero-order valence-electron chi connectivity index (χ0n) is 14.1. The molecule has 0 aromatic heterocycles. The fraction of sp³-hybridized carbons (Fsp3) is 0.714. The van der Waals surface area contributed by atoms with Crippen LogP contribution in [0, 0.1) is 17.8 Å². The summed E-state index contributed by atoms with van der Waals surface area (Å²) in [4.78, 5) is 2.80. The second-order valence-electron chi connectivity index (χ2n) is 8.77. The average molecular weight is 311 g/mol. The van der Waals surface area contributed by atoms with Crippen molar-refractivity contribution in [2.24, 2.45) is 17.8 Å². The van der Waals surface area contributed by atoms with Gasteiger partial charge in [0, 0.05) is 18.5 Å². The third-order valence-corrected chi connectivity index (χ3v) is 7.36. The summed E-state index contributed by atoms with van der Waals surface area (Å²) < 4.78 is 0. The molecule has 1 saturated heterocycles. The first-order valence-corrected chi connectivity index (χ1v) is 9.79. The van der Waals surface area contributed by atoms with Gasteiger partial charge in [-0.15, -0.1) is 0 Å². The van der Waals surface area contributed by atoms with Gasteiger partial charge in [0.25, 0.3) is 0 Å². The van der Waals surface area contributed by atoms with E-state index >= 15 is 0 Å². The van der Waals surface area contributed by atoms with Crippen molar-refractivity contribution < 1.29 is 5.11 Å². The topological polar surface area (TPSA) is 23.5 Å². The number of fused-ring (bicyclic) bond motifs is 1. The summed E-state index contributed by atoms with van der Waals surface area (Å²) in [6.45, 7) is 3.95. The van der Waals surface area contributed by atoms with E-state index in [0.717, 1.165) is 17.8 Å². The van der Waals surface area contributed by atoms with Crippen LogP contribution in [0.15, 0.2) is 18.2 Å². The summed E-state index contributed by atoms with van der Waals surface area (Å²) >= 11 is 0. The molecule has 2 nitrogen and oxygen atoms in total. The van der Waals surface area contributed by atoms with Crippen LogP contribution in [0.5, 0.6) is 5.75 Å². The molecule has 1 N–H and O–H groups in total. The molecular weight excluding hydrogens is 282 g/mol. The molecule has 1 aromatic rings. The Hall–Kier alpha value is -1.02. The molecular formula is C21H29NO. The number of hydrogen-bond acceptors (Lipinski definition) is 2. The van der Waals surface area contributed by atoms with E-state index in [-0.39, 0.29) is 0 Å². The van der Waals surface area contributed by atoms with Crippen molar-refractivity contribution in [3.05, 3.63) is 29.3 Å². The molecule has 1 aliphatic heterocycles. The largest absolute Gasteiger partial charge is 0.508 e. The number of aromatic hydroxyl groups is 1. The molecule has 0 radical (unpaired) electrons. The van der Waals surface area contributed by atoms with Crippen LogP contribution >= 0.6 is 0 Å². The molecule has 2 saturated carbocycles. The van der Waals surface area contributed by atoms with Gasteiger partial charge in [0.2, 0.25) is 0 Å². The molecule has 1 aromatic carbocycles. The minimum Gasteiger partial charge on any atom is -0.508 e. The van der Waals surface area contributed by atoms with Crippen molar-refractivity contribution in [3.63, 3.8) is 0 Å². The normalized spacial score (nSPS) is 36.9. The van der Waals surface area contributed by atoms with Crippen molar-refractivity contribution >= 4 is 0 Å². The van der Waals surface area contributed by atoms with Crippen LogP contribution in [0.2, 0.25) is 0 Å². The lowest BCUT2D eigenvalue weighted by Gasteiger charge is -2.51. The van der Waals surface area contributed by atoms with Crippen LogP contribution in [0.1, 0.15) is 56.1 Å². The van der Waals surface area contributed by atoms with Crippen LogP contribution in [0.4, 0.5) is 0 Å². The highest BCUT2D eigenvalue weighted by molar-refractivity contribution is 5.44. The van der Waals surface area contributed by atoms with Crippen molar-refractivity contribution in [1.82, 2.24) is 4.90 Å². The third kappa shape index (κ3) is 2.33. The number of benzene rings is 1. The Balaban J connectivity index is 1.55. The lowest BCUT2D eigenvalue weighted by Crippen LogP contribution is -2.46. The fourth-order valence-electron chi connectivity index (χ4n) is 6.17. The van der Waals surface area contributed by atoms with Gasteiger partial charge in [-0.1, -0.05) is 18.9 Å². The Morgan fingerprint density at radius 1 is 1.13 bits per heavy atom. The predicted octanol–water partition coefficient (Wildman–Crippen LogP) is 4.11. The third-order valence-electron chi connectivity index (χ3n) is 7.36. The van der Waals surface area contributed by atoms with E-state index < -0.39 is 0 Å². The second kappa shape index (κ2) is 5.24. The molecule has 3 aliphatic carbocycles. The number of likely N-dealkylation sites (tertiary alicyclic amines) is 1. The maximum atomic E-state index is 10.1. The smallest absolute Gasteiger partial charge is 0.115 e. The quantitative estimate of drug-likeness (QED) is 0.888. The van der Waals surface area contributed by atoms with Crippen LogP contribution < -0.4 is 0 Å². The second-order valence-corrected chi connectivity index (χ2v) is 8.77. The van der Waals surface area contributed by atoms with E-state index in [1.54, 1.807) is 5.56 Å². The zero-order chi connectivity index (χ0) is 15.4. The number of rotatable bonds is 2. The molecule has 3 fully saturated rings. The number of phenolic OH excluding ortho intramolecular Hbond substituents is 1. The van der Waals surface area contributed by atoms with Gasteiger partial charge >= 0.3 is 0 Å². The fourth-order valence-corrected chi connectivity index (χ4v) is 6.17. The minimum absolute atomic E-state index is 0.369. The maximum absolute atomic E-state index is 10.1. The predicted molar refractivity (Wildman–Crippen MR) is 92.7 cm³/mol. The molecule has 23 heavy (non-hydrogen) atoms. The number of nitrogens with zero attached hydrogens (tertiary/aromatic N) is 1. The van der Waals surface area contributed by atoms with Gasteiger partial charge in [-0.25, -0.2) is 0 Å². The molecule has 3 atom stereocenters. The van der Waals surface area contributed by atoms with E-state index in [1.807, 2.05) is 6.07 Å². The highest BCUT2D eigenvalue weighted by atomic mass is 16.3. The molecule has 0 unspecified atom stereocenters. The van der Waals surface area contributed by atoms with Crippen molar-refractivity contribution in [2.45, 2.75) is 56.8 Å². The van der Waals surface area contributed by atoms with E-state index in [1.165, 1.54) is 76.6 Å². The highest BCUT2D eigenvalue weighted by Crippen LogP contribution is 2.56. The molecule has 2 bridgehead atoms. The van der Waals surface area contributed by atoms with Crippen LogP contribution in [-0.4, -0.2) is 29.6 Å². The Labute approximate surface area is 139 Å². The van der Waals surface area contributed by atoms with E-state index in [4.69, 9.17) is 0 Å². The molecule has 2 heteroatoms. The summed E-state index contributed by atoms with van der Waals surface area (Å²) in [7, 11) is 0. The van der Waals surface area contributed by atoms with Crippen LogP contribution in [0.25, 0.3) is 0 Å². The van der Waals surface area contributed by atoms with Gasteiger partial charge in [0.1, 0.15) is 5.75 Å². The van der Waals surface area contributed by atoms with Crippen molar-refractivity contribution in [1.29, 1.82) is 0 Å². The summed E-state index contributed by atoms with van der Waals surface area (Å²) in [5.74, 6) is 3.17. The first-order valence-electron chi connectivity index (χ1n) is 9.79. The van der Waals surface area contributed by atoms with E-state index in [2.05, 4.69) is 17.0 Å². The van der Waals surface area contributed by atoms with E-state index in [9.17, 15) is 5.11 Å². The first-order chi connectivity index (χ1) is 11.2. The standard InChI is InChI=1S/C21H29NO/c23-18-7-6-16-11-17-14-22(13-15-4-5-15)10-9-21(20(16)12-18)8-2-1-3-19(17)21/h6-7,12,15,17,19,23H,1-5,8-11,13-14H2/t17-,19-,21+/m0/s1. The number of hydrogen-bond donors (Lipinski definition) is 1. The molecule has 5 rings (SSSR count). The van der Waals surface area contributed by atoms with Crippen LogP contribution in [0.3, 0.4) is 0 Å². The Morgan fingerprint density at radius 3 is 2.91 bits per heavy atom. The summed E-state index contributed by atoms with van der Waals surface area (Å²) in [5, 5.41) is 10.1. The molecule has 1 heterocycles. The molecule has 0 spiro atoms. The van der Waals surface area contributed by atoms with Gasteiger partial charge in [-0.3, -0.25) is 0 Å². The van der Waals surface area contributed by atoms with E-state index in [0.29, 0.717) is 11.2 Å².